The second-order valence-corrected chi connectivity index (χ2v) is 10.0. The highest BCUT2D eigenvalue weighted by molar-refractivity contribution is 5.70. The monoisotopic (exact) mass is 436 g/mol. The molecule has 0 radical (unpaired) electrons. The molecule has 2 N–H and O–H groups in total. The SMILES string of the molecule is C[C@@H](c1ccc(C2CCNCC2)cc1)N1CCC(CC(C)(C)O)(c2ccccc2)OC1=O. The Kier molecular flexibility index (Phi) is 6.59. The van der Waals surface area contributed by atoms with Crippen molar-refractivity contribution in [2.75, 3.05) is 19.6 Å². The van der Waals surface area contributed by atoms with Gasteiger partial charge in [-0.3, -0.25) is 0 Å². The van der Waals surface area contributed by atoms with Crippen molar-refractivity contribution in [3.05, 3.63) is 71.3 Å². The summed E-state index contributed by atoms with van der Waals surface area (Å²) in [6.45, 7) is 8.34. The third-order valence-corrected chi connectivity index (χ3v) is 6.99. The van der Waals surface area contributed by atoms with Crippen LogP contribution in [0, 0.1) is 0 Å². The third kappa shape index (κ3) is 5.00. The molecule has 0 spiro atoms. The first kappa shape index (κ1) is 22.8. The van der Waals surface area contributed by atoms with Crippen LogP contribution >= 0.6 is 0 Å². The number of aliphatic hydroxyl groups is 1. The maximum atomic E-state index is 13.2. The lowest BCUT2D eigenvalue weighted by Crippen LogP contribution is -2.51. The number of carbonyl (C=O) groups is 1. The van der Waals surface area contributed by atoms with Crippen molar-refractivity contribution >= 4 is 6.09 Å². The highest BCUT2D eigenvalue weighted by Crippen LogP contribution is 2.42. The minimum Gasteiger partial charge on any atom is -0.438 e. The van der Waals surface area contributed by atoms with Gasteiger partial charge in [0.1, 0.15) is 5.60 Å². The van der Waals surface area contributed by atoms with Crippen molar-refractivity contribution in [1.82, 2.24) is 10.2 Å². The first-order chi connectivity index (χ1) is 15.3. The molecule has 2 heterocycles. The number of hydrogen-bond acceptors (Lipinski definition) is 4. The molecule has 5 heteroatoms. The molecule has 1 amide bonds. The number of amides is 1. The summed E-state index contributed by atoms with van der Waals surface area (Å²) in [6.07, 6.45) is 3.04. The third-order valence-electron chi connectivity index (χ3n) is 6.99. The van der Waals surface area contributed by atoms with Gasteiger partial charge in [0.25, 0.3) is 0 Å². The van der Waals surface area contributed by atoms with Crippen LogP contribution in [0.25, 0.3) is 0 Å². The molecule has 0 aliphatic carbocycles. The Morgan fingerprint density at radius 2 is 1.78 bits per heavy atom. The van der Waals surface area contributed by atoms with E-state index in [2.05, 4.69) is 36.5 Å². The summed E-state index contributed by atoms with van der Waals surface area (Å²) >= 11 is 0. The quantitative estimate of drug-likeness (QED) is 0.660. The van der Waals surface area contributed by atoms with Gasteiger partial charge in [-0.15, -0.1) is 0 Å². The zero-order valence-electron chi connectivity index (χ0n) is 19.5. The highest BCUT2D eigenvalue weighted by atomic mass is 16.6. The Morgan fingerprint density at radius 3 is 2.38 bits per heavy atom. The van der Waals surface area contributed by atoms with Crippen molar-refractivity contribution < 1.29 is 14.6 Å². The van der Waals surface area contributed by atoms with Crippen LogP contribution < -0.4 is 5.32 Å². The number of ether oxygens (including phenoxy) is 1. The van der Waals surface area contributed by atoms with E-state index in [0.717, 1.165) is 24.2 Å². The Labute approximate surface area is 191 Å². The molecule has 32 heavy (non-hydrogen) atoms. The first-order valence-electron chi connectivity index (χ1n) is 11.9. The van der Waals surface area contributed by atoms with Crippen LogP contribution in [0.3, 0.4) is 0 Å². The van der Waals surface area contributed by atoms with Crippen molar-refractivity contribution in [1.29, 1.82) is 0 Å². The van der Waals surface area contributed by atoms with Crippen LogP contribution in [0.15, 0.2) is 54.6 Å². The summed E-state index contributed by atoms with van der Waals surface area (Å²) in [5.74, 6) is 0.619. The second-order valence-electron chi connectivity index (χ2n) is 10.0. The second kappa shape index (κ2) is 9.24. The first-order valence-corrected chi connectivity index (χ1v) is 11.9. The maximum absolute atomic E-state index is 13.2. The van der Waals surface area contributed by atoms with Crippen LogP contribution in [0.5, 0.6) is 0 Å². The number of benzene rings is 2. The molecular formula is C27H36N2O3. The molecule has 2 aromatic carbocycles. The van der Waals surface area contributed by atoms with E-state index >= 15 is 0 Å². The lowest BCUT2D eigenvalue weighted by molar-refractivity contribution is -0.101. The number of hydrogen-bond donors (Lipinski definition) is 2. The number of cyclic esters (lactones) is 1. The average molecular weight is 437 g/mol. The molecule has 2 fully saturated rings. The fourth-order valence-corrected chi connectivity index (χ4v) is 5.27. The smallest absolute Gasteiger partial charge is 0.411 e. The van der Waals surface area contributed by atoms with Gasteiger partial charge in [-0.2, -0.15) is 0 Å². The Morgan fingerprint density at radius 1 is 1.12 bits per heavy atom. The molecule has 2 aliphatic heterocycles. The maximum Gasteiger partial charge on any atom is 0.411 e. The van der Waals surface area contributed by atoms with Crippen molar-refractivity contribution in [2.45, 2.75) is 69.6 Å². The van der Waals surface area contributed by atoms with Crippen molar-refractivity contribution in [3.8, 4) is 0 Å². The summed E-state index contributed by atoms with van der Waals surface area (Å²) in [5, 5.41) is 14.0. The molecule has 0 saturated carbocycles. The predicted molar refractivity (Wildman–Crippen MR) is 127 cm³/mol. The van der Waals surface area contributed by atoms with Crippen molar-refractivity contribution in [2.24, 2.45) is 0 Å². The van der Waals surface area contributed by atoms with Crippen LogP contribution in [-0.4, -0.2) is 41.3 Å². The summed E-state index contributed by atoms with van der Waals surface area (Å²) in [7, 11) is 0. The zero-order valence-corrected chi connectivity index (χ0v) is 19.5. The van der Waals surface area contributed by atoms with E-state index in [-0.39, 0.29) is 12.1 Å². The van der Waals surface area contributed by atoms with Gasteiger partial charge in [-0.1, -0.05) is 54.6 Å². The Hall–Kier alpha value is -2.37. The fraction of sp³-hybridized carbons (Fsp3) is 0.519. The summed E-state index contributed by atoms with van der Waals surface area (Å²) in [4.78, 5) is 15.0. The molecule has 0 aromatic heterocycles. The van der Waals surface area contributed by atoms with Gasteiger partial charge >= 0.3 is 6.09 Å². The number of carbonyl (C=O) groups excluding carboxylic acids is 1. The van der Waals surface area contributed by atoms with Crippen LogP contribution in [0.2, 0.25) is 0 Å². The van der Waals surface area contributed by atoms with Gasteiger partial charge in [0.2, 0.25) is 0 Å². The lowest BCUT2D eigenvalue weighted by Gasteiger charge is -2.45. The normalized spacial score (nSPS) is 23.6. The zero-order chi connectivity index (χ0) is 22.8. The molecule has 172 valence electrons. The van der Waals surface area contributed by atoms with E-state index in [1.807, 2.05) is 35.2 Å². The fourth-order valence-electron chi connectivity index (χ4n) is 5.27. The van der Waals surface area contributed by atoms with Gasteiger partial charge in [0, 0.05) is 19.4 Å². The predicted octanol–water partition coefficient (Wildman–Crippen LogP) is 5.11. The molecule has 5 nitrogen and oxygen atoms in total. The van der Waals surface area contributed by atoms with Gasteiger partial charge in [0.15, 0.2) is 0 Å². The largest absolute Gasteiger partial charge is 0.438 e. The standard InChI is InChI=1S/C27H36N2O3/c1-20(21-9-11-22(12-10-21)23-13-16-28-17-14-23)29-18-15-27(32-25(29)30,19-26(2,3)31)24-7-5-4-6-8-24/h4-12,20,23,28,31H,13-19H2,1-3H3/t20-,27?/m0/s1. The Balaban J connectivity index is 1.50. The van der Waals surface area contributed by atoms with E-state index in [0.29, 0.717) is 25.3 Å². The molecule has 0 bridgehead atoms. The summed E-state index contributed by atoms with van der Waals surface area (Å²) in [5.41, 5.74) is 1.68. The van der Waals surface area contributed by atoms with E-state index in [4.69, 9.17) is 4.74 Å². The number of nitrogens with one attached hydrogen (secondary N) is 1. The van der Waals surface area contributed by atoms with Gasteiger partial charge in [0.05, 0.1) is 11.6 Å². The highest BCUT2D eigenvalue weighted by Gasteiger charge is 2.46. The molecule has 2 aliphatic rings. The molecular weight excluding hydrogens is 400 g/mol. The molecule has 2 atom stereocenters. The minimum atomic E-state index is -0.950. The molecule has 4 rings (SSSR count). The number of piperidine rings is 1. The van der Waals surface area contributed by atoms with Gasteiger partial charge < -0.3 is 20.1 Å². The summed E-state index contributed by atoms with van der Waals surface area (Å²) in [6, 6.07) is 18.5. The van der Waals surface area contributed by atoms with Crippen LogP contribution in [0.4, 0.5) is 4.79 Å². The van der Waals surface area contributed by atoms with Crippen LogP contribution in [0.1, 0.15) is 75.1 Å². The van der Waals surface area contributed by atoms with E-state index in [9.17, 15) is 9.90 Å². The Bertz CT molecular complexity index is 901. The number of nitrogens with zero attached hydrogens (tertiary/aromatic N) is 1. The molecule has 2 saturated heterocycles. The van der Waals surface area contributed by atoms with Gasteiger partial charge in [-0.25, -0.2) is 4.79 Å². The molecule has 1 unspecified atom stereocenters. The summed E-state index contributed by atoms with van der Waals surface area (Å²) < 4.78 is 6.13. The van der Waals surface area contributed by atoms with E-state index in [1.54, 1.807) is 13.8 Å². The number of rotatable bonds is 6. The van der Waals surface area contributed by atoms with E-state index in [1.165, 1.54) is 18.4 Å². The van der Waals surface area contributed by atoms with Crippen LogP contribution in [-0.2, 0) is 10.3 Å². The van der Waals surface area contributed by atoms with Crippen molar-refractivity contribution in [3.63, 3.8) is 0 Å². The topological polar surface area (TPSA) is 61.8 Å². The minimum absolute atomic E-state index is 0.0690. The average Bonchev–Trinajstić information content (AvgIpc) is 2.79. The molecule has 2 aromatic rings. The van der Waals surface area contributed by atoms with E-state index < -0.39 is 11.2 Å². The lowest BCUT2D eigenvalue weighted by atomic mass is 9.80. The van der Waals surface area contributed by atoms with Gasteiger partial charge in [-0.05, 0) is 69.3 Å².